The molecular weight excluding hydrogens is 891 g/mol. The van der Waals surface area contributed by atoms with E-state index in [1.807, 2.05) is 58.3 Å². The first kappa shape index (κ1) is 44.4. The van der Waals surface area contributed by atoms with Crippen molar-refractivity contribution in [1.29, 1.82) is 0 Å². The molecule has 0 saturated heterocycles. The number of nitrogens with zero attached hydrogens (tertiary/aromatic N) is 7. The number of carbonyl (C=O) groups excluding carboxylic acids is 1. The number of rotatable bonds is 11. The lowest BCUT2D eigenvalue weighted by atomic mass is 9.91. The number of carbonyl (C=O) groups is 1. The molecule has 0 spiro atoms. The maximum atomic E-state index is 15.4. The number of halogens is 4. The number of amides is 1. The number of anilines is 2. The molecule has 1 atom stereocenters. The summed E-state index contributed by atoms with van der Waals surface area (Å²) >= 11 is 3.57. The highest BCUT2D eigenvalue weighted by molar-refractivity contribution is 9.10. The van der Waals surface area contributed by atoms with E-state index in [2.05, 4.69) is 42.8 Å². The maximum absolute atomic E-state index is 15.4. The van der Waals surface area contributed by atoms with Crippen LogP contribution < -0.4 is 19.3 Å². The molecule has 0 radical (unpaired) electrons. The van der Waals surface area contributed by atoms with Gasteiger partial charge in [0.25, 0.3) is 5.91 Å². The lowest BCUT2D eigenvalue weighted by Gasteiger charge is -2.33. The number of hydrogen-bond acceptors (Lipinski definition) is 11. The molecule has 18 heteroatoms. The Hall–Kier alpha value is -5.64. The first-order valence-electron chi connectivity index (χ1n) is 19.6. The van der Waals surface area contributed by atoms with Crippen LogP contribution in [0.1, 0.15) is 74.7 Å². The molecule has 2 aliphatic rings. The van der Waals surface area contributed by atoms with Gasteiger partial charge in [-0.2, -0.15) is 18.3 Å². The summed E-state index contributed by atoms with van der Waals surface area (Å²) in [5, 5.41) is 4.10. The van der Waals surface area contributed by atoms with Gasteiger partial charge in [-0.25, -0.2) is 18.4 Å². The Kier molecular flexibility index (Phi) is 12.9. The van der Waals surface area contributed by atoms with Crippen LogP contribution in [0, 0.1) is 11.8 Å². The van der Waals surface area contributed by atoms with Gasteiger partial charge in [0.05, 0.1) is 54.9 Å². The van der Waals surface area contributed by atoms with Crippen LogP contribution in [0.15, 0.2) is 70.3 Å². The molecule has 0 aliphatic carbocycles. The van der Waals surface area contributed by atoms with E-state index in [9.17, 15) is 13.2 Å². The number of benzene rings is 3. The zero-order chi connectivity index (χ0) is 44.5. The molecule has 7 rings (SSSR count). The second-order valence-corrected chi connectivity index (χ2v) is 17.9. The van der Waals surface area contributed by atoms with Gasteiger partial charge in [-0.15, -0.1) is 5.92 Å². The van der Waals surface area contributed by atoms with E-state index in [-0.39, 0.29) is 53.8 Å². The fraction of sp³-hybridized carbons (Fsp3) is 0.364. The minimum absolute atomic E-state index is 0.158. The molecule has 5 aromatic rings. The predicted octanol–water partition coefficient (Wildman–Crippen LogP) is 7.38. The van der Waals surface area contributed by atoms with Crippen LogP contribution in [-0.4, -0.2) is 80.1 Å². The molecule has 2 aromatic heterocycles. The van der Waals surface area contributed by atoms with Crippen molar-refractivity contribution < 1.29 is 40.6 Å². The van der Waals surface area contributed by atoms with Crippen molar-refractivity contribution in [1.82, 2.24) is 24.6 Å². The zero-order valence-electron chi connectivity index (χ0n) is 35.0. The summed E-state index contributed by atoms with van der Waals surface area (Å²) in [5.74, 6) is 6.70. The number of fused-ring (bicyclic) bond motifs is 2. The van der Waals surface area contributed by atoms with Crippen LogP contribution in [0.4, 0.5) is 24.7 Å². The lowest BCUT2D eigenvalue weighted by molar-refractivity contribution is -0.140. The van der Waals surface area contributed by atoms with Gasteiger partial charge in [0.1, 0.15) is 17.3 Å². The lowest BCUT2D eigenvalue weighted by Crippen LogP contribution is -2.30. The molecule has 13 nitrogen and oxygen atoms in total. The highest BCUT2D eigenvalue weighted by atomic mass is 79.9. The second-order valence-electron chi connectivity index (χ2n) is 15.2. The smallest absolute Gasteiger partial charge is 0.417 e. The third kappa shape index (κ3) is 9.39. The van der Waals surface area contributed by atoms with Crippen molar-refractivity contribution in [3.63, 3.8) is 0 Å². The molecule has 0 bridgehead atoms. The van der Waals surface area contributed by atoms with E-state index in [1.54, 1.807) is 33.0 Å². The van der Waals surface area contributed by atoms with Gasteiger partial charge in [0.15, 0.2) is 5.69 Å². The molecular formula is C44H45BrF3N7O6S. The van der Waals surface area contributed by atoms with Crippen LogP contribution in [-0.2, 0) is 60.0 Å². The zero-order valence-corrected chi connectivity index (χ0v) is 37.4. The molecule has 4 heterocycles. The summed E-state index contributed by atoms with van der Waals surface area (Å²) in [4.78, 5) is 27.2. The summed E-state index contributed by atoms with van der Waals surface area (Å²) in [6, 6.07) is 17.8. The van der Waals surface area contributed by atoms with Crippen LogP contribution in [0.5, 0.6) is 11.5 Å². The summed E-state index contributed by atoms with van der Waals surface area (Å²) in [6.45, 7) is 3.01. The molecule has 3 aromatic carbocycles. The quantitative estimate of drug-likeness (QED) is 0.0972. The third-order valence-electron chi connectivity index (χ3n) is 10.7. The molecule has 2 aliphatic heterocycles. The SMILES string of the molecule is CC#Cc1cc(N(Cc2ccc(OC)cc2)Cc2ccc(OC)cc2)cc(C2Cc3nc(S(C)(=O)=O)nc(N4CCCn5nc(C(=O)N(C)C)c(Br)c5C4)c3CO2)c1C(F)(F)F. The second kappa shape index (κ2) is 18.0. The summed E-state index contributed by atoms with van der Waals surface area (Å²) in [5.41, 5.74) is 2.53. The molecule has 326 valence electrons. The number of sulfone groups is 1. The largest absolute Gasteiger partial charge is 0.497 e. The minimum Gasteiger partial charge on any atom is -0.497 e. The Morgan fingerprint density at radius 2 is 1.61 bits per heavy atom. The minimum atomic E-state index is -4.84. The summed E-state index contributed by atoms with van der Waals surface area (Å²) in [7, 11) is 2.41. The number of hydrogen-bond donors (Lipinski definition) is 0. The Balaban J connectivity index is 1.33. The van der Waals surface area contributed by atoms with Crippen molar-refractivity contribution in [3.8, 4) is 23.3 Å². The molecule has 1 unspecified atom stereocenters. The van der Waals surface area contributed by atoms with Gasteiger partial charge in [-0.1, -0.05) is 30.2 Å². The summed E-state index contributed by atoms with van der Waals surface area (Å²) in [6.07, 6.45) is -4.66. The number of aromatic nitrogens is 4. The van der Waals surface area contributed by atoms with E-state index >= 15 is 13.2 Å². The Morgan fingerprint density at radius 1 is 0.984 bits per heavy atom. The van der Waals surface area contributed by atoms with Crippen LogP contribution in [0.3, 0.4) is 0 Å². The van der Waals surface area contributed by atoms with Gasteiger partial charge in [-0.3, -0.25) is 9.48 Å². The standard InChI is InChI=1S/C44H45BrF3N7O6S/c1-7-9-29-20-30(54(23-27-10-14-31(59-4)15-11-27)24-28-12-16-32(60-5)17-13-28)21-33(38(29)44(46,47)48)37-22-35-34(26-61-37)41(50-43(49-35)62(6,57)58)53-18-8-19-55-36(25-53)39(45)40(51-55)42(56)52(2)3/h10-17,20-21,37H,8,18-19,22-26H2,1-6H3. The highest BCUT2D eigenvalue weighted by Gasteiger charge is 2.41. The first-order valence-corrected chi connectivity index (χ1v) is 22.3. The third-order valence-corrected chi connectivity index (χ3v) is 12.4. The average molecular weight is 937 g/mol. The number of ether oxygens (including phenoxy) is 3. The van der Waals surface area contributed by atoms with Crippen molar-refractivity contribution >= 4 is 43.2 Å². The van der Waals surface area contributed by atoms with E-state index < -0.39 is 32.8 Å². The van der Waals surface area contributed by atoms with Gasteiger partial charge >= 0.3 is 6.18 Å². The van der Waals surface area contributed by atoms with Crippen LogP contribution >= 0.6 is 15.9 Å². The van der Waals surface area contributed by atoms with Crippen LogP contribution in [0.25, 0.3) is 0 Å². The first-order chi connectivity index (χ1) is 29.5. The Bertz CT molecular complexity index is 2610. The molecule has 0 N–H and O–H groups in total. The molecule has 62 heavy (non-hydrogen) atoms. The normalized spacial score (nSPS) is 15.1. The van der Waals surface area contributed by atoms with Gasteiger partial charge in [0.2, 0.25) is 15.0 Å². The number of aryl methyl sites for hydroxylation is 1. The van der Waals surface area contributed by atoms with Crippen molar-refractivity contribution in [2.45, 2.75) is 70.0 Å². The Labute approximate surface area is 366 Å². The maximum Gasteiger partial charge on any atom is 0.417 e. The fourth-order valence-corrected chi connectivity index (χ4v) is 8.75. The summed E-state index contributed by atoms with van der Waals surface area (Å²) < 4.78 is 91.7. The van der Waals surface area contributed by atoms with Gasteiger partial charge < -0.3 is 28.9 Å². The molecule has 1 amide bonds. The van der Waals surface area contributed by atoms with E-state index in [0.717, 1.165) is 17.4 Å². The number of alkyl halides is 3. The Morgan fingerprint density at radius 3 is 2.16 bits per heavy atom. The van der Waals surface area contributed by atoms with E-state index in [1.165, 1.54) is 24.0 Å². The fourth-order valence-electron chi connectivity index (χ4n) is 7.64. The van der Waals surface area contributed by atoms with Crippen molar-refractivity contribution in [3.05, 3.63) is 116 Å². The van der Waals surface area contributed by atoms with Crippen molar-refractivity contribution in [2.24, 2.45) is 0 Å². The predicted molar refractivity (Wildman–Crippen MR) is 230 cm³/mol. The van der Waals surface area contributed by atoms with Crippen molar-refractivity contribution in [2.75, 3.05) is 50.9 Å². The monoisotopic (exact) mass is 935 g/mol. The van der Waals surface area contributed by atoms with E-state index in [4.69, 9.17) is 14.2 Å². The number of methoxy groups -OCH3 is 2. The molecule has 0 fully saturated rings. The topological polar surface area (TPSA) is 132 Å². The van der Waals surface area contributed by atoms with Gasteiger partial charge in [0, 0.05) is 69.8 Å². The van der Waals surface area contributed by atoms with E-state index in [0.29, 0.717) is 65.5 Å². The average Bonchev–Trinajstić information content (AvgIpc) is 3.39. The highest BCUT2D eigenvalue weighted by Crippen LogP contribution is 2.44. The van der Waals surface area contributed by atoms with Crippen LogP contribution in [0.2, 0.25) is 0 Å². The van der Waals surface area contributed by atoms with Gasteiger partial charge in [-0.05, 0) is 82.4 Å². The molecule has 0 saturated carbocycles.